The van der Waals surface area contributed by atoms with Gasteiger partial charge in [0.2, 0.25) is 0 Å². The SMILES string of the molecule is CCNC(=NCc1ccc(NC(=O)c2ccco2)cc1)NCCCOC(C)c1ccccc1. The molecular weight excluding hydrogens is 416 g/mol. The third kappa shape index (κ3) is 8.12. The number of carbonyl (C=O) groups excluding carboxylic acids is 1. The van der Waals surface area contributed by atoms with E-state index < -0.39 is 0 Å². The van der Waals surface area contributed by atoms with E-state index >= 15 is 0 Å². The highest BCUT2D eigenvalue weighted by atomic mass is 16.5. The predicted octanol–water partition coefficient (Wildman–Crippen LogP) is 4.75. The van der Waals surface area contributed by atoms with Crippen molar-refractivity contribution >= 4 is 17.6 Å². The minimum Gasteiger partial charge on any atom is -0.459 e. The Bertz CT molecular complexity index is 986. The van der Waals surface area contributed by atoms with E-state index in [1.807, 2.05) is 49.4 Å². The summed E-state index contributed by atoms with van der Waals surface area (Å²) in [5.74, 6) is 0.778. The number of anilines is 1. The first-order valence-corrected chi connectivity index (χ1v) is 11.3. The number of amides is 1. The van der Waals surface area contributed by atoms with Gasteiger partial charge in [-0.1, -0.05) is 42.5 Å². The van der Waals surface area contributed by atoms with Crippen LogP contribution >= 0.6 is 0 Å². The summed E-state index contributed by atoms with van der Waals surface area (Å²) in [6, 6.07) is 21.2. The van der Waals surface area contributed by atoms with Crippen LogP contribution in [-0.2, 0) is 11.3 Å². The van der Waals surface area contributed by atoms with E-state index in [1.165, 1.54) is 11.8 Å². The van der Waals surface area contributed by atoms with Crippen LogP contribution in [0.3, 0.4) is 0 Å². The lowest BCUT2D eigenvalue weighted by molar-refractivity contribution is 0.0646. The lowest BCUT2D eigenvalue weighted by Gasteiger charge is -2.14. The summed E-state index contributed by atoms with van der Waals surface area (Å²) in [6.07, 6.45) is 2.44. The average molecular weight is 449 g/mol. The highest BCUT2D eigenvalue weighted by molar-refractivity contribution is 6.02. The van der Waals surface area contributed by atoms with Gasteiger partial charge in [0.15, 0.2) is 11.7 Å². The van der Waals surface area contributed by atoms with Crippen molar-refractivity contribution in [2.75, 3.05) is 25.0 Å². The number of rotatable bonds is 11. The standard InChI is InChI=1S/C26H32N4O3/c1-3-27-26(28-16-8-18-32-20(2)22-9-5-4-6-10-22)29-19-21-12-14-23(15-13-21)30-25(31)24-11-7-17-33-24/h4-7,9-15,17,20H,3,8,16,18-19H2,1-2H3,(H,30,31)(H2,27,28,29). The molecule has 0 aliphatic rings. The van der Waals surface area contributed by atoms with Crippen molar-refractivity contribution < 1.29 is 13.9 Å². The summed E-state index contributed by atoms with van der Waals surface area (Å²) in [4.78, 5) is 16.7. The van der Waals surface area contributed by atoms with Gasteiger partial charge in [0.25, 0.3) is 5.91 Å². The van der Waals surface area contributed by atoms with Crippen molar-refractivity contribution in [3.05, 3.63) is 89.9 Å². The van der Waals surface area contributed by atoms with E-state index in [0.717, 1.165) is 31.0 Å². The van der Waals surface area contributed by atoms with Gasteiger partial charge in [0.1, 0.15) is 0 Å². The highest BCUT2D eigenvalue weighted by Crippen LogP contribution is 2.16. The van der Waals surface area contributed by atoms with Gasteiger partial charge in [0.05, 0.1) is 18.9 Å². The van der Waals surface area contributed by atoms with Gasteiger partial charge in [-0.3, -0.25) is 4.79 Å². The Labute approximate surface area is 195 Å². The lowest BCUT2D eigenvalue weighted by atomic mass is 10.1. The Morgan fingerprint density at radius 1 is 1.03 bits per heavy atom. The van der Waals surface area contributed by atoms with Crippen LogP contribution < -0.4 is 16.0 Å². The predicted molar refractivity (Wildman–Crippen MR) is 131 cm³/mol. The summed E-state index contributed by atoms with van der Waals surface area (Å²) >= 11 is 0. The third-order valence-corrected chi connectivity index (χ3v) is 4.97. The minimum absolute atomic E-state index is 0.0833. The van der Waals surface area contributed by atoms with E-state index in [1.54, 1.807) is 12.1 Å². The van der Waals surface area contributed by atoms with E-state index in [9.17, 15) is 4.79 Å². The third-order valence-electron chi connectivity index (χ3n) is 4.97. The molecule has 1 atom stereocenters. The van der Waals surface area contributed by atoms with Gasteiger partial charge in [-0.25, -0.2) is 4.99 Å². The van der Waals surface area contributed by atoms with Gasteiger partial charge in [0, 0.05) is 25.4 Å². The summed E-state index contributed by atoms with van der Waals surface area (Å²) in [5.41, 5.74) is 2.94. The number of guanidine groups is 1. The molecule has 0 saturated heterocycles. The topological polar surface area (TPSA) is 87.9 Å². The molecule has 3 aromatic rings. The summed E-state index contributed by atoms with van der Waals surface area (Å²) < 4.78 is 11.0. The molecule has 7 heteroatoms. The Balaban J connectivity index is 1.41. The largest absolute Gasteiger partial charge is 0.459 e. The second-order valence-corrected chi connectivity index (χ2v) is 7.53. The molecule has 33 heavy (non-hydrogen) atoms. The smallest absolute Gasteiger partial charge is 0.291 e. The van der Waals surface area contributed by atoms with Gasteiger partial charge >= 0.3 is 0 Å². The molecule has 1 unspecified atom stereocenters. The van der Waals surface area contributed by atoms with Crippen LogP contribution in [-0.4, -0.2) is 31.6 Å². The minimum atomic E-state index is -0.272. The van der Waals surface area contributed by atoms with Crippen molar-refractivity contribution in [2.45, 2.75) is 32.9 Å². The molecule has 0 bridgehead atoms. The van der Waals surface area contributed by atoms with Crippen molar-refractivity contribution in [2.24, 2.45) is 4.99 Å². The van der Waals surface area contributed by atoms with E-state index in [2.05, 4.69) is 40.0 Å². The maximum absolute atomic E-state index is 12.1. The first kappa shape index (κ1) is 24.1. The number of carbonyl (C=O) groups is 1. The molecule has 0 fully saturated rings. The highest BCUT2D eigenvalue weighted by Gasteiger charge is 2.08. The Morgan fingerprint density at radius 3 is 2.52 bits per heavy atom. The zero-order valence-corrected chi connectivity index (χ0v) is 19.2. The lowest BCUT2D eigenvalue weighted by Crippen LogP contribution is -2.38. The number of nitrogens with zero attached hydrogens (tertiary/aromatic N) is 1. The summed E-state index contributed by atoms with van der Waals surface area (Å²) in [6.45, 7) is 6.87. The number of hydrogen-bond acceptors (Lipinski definition) is 4. The molecule has 1 heterocycles. The molecule has 1 aromatic heterocycles. The fourth-order valence-corrected chi connectivity index (χ4v) is 3.17. The van der Waals surface area contributed by atoms with Crippen LogP contribution in [0.2, 0.25) is 0 Å². The van der Waals surface area contributed by atoms with E-state index in [4.69, 9.17) is 9.15 Å². The summed E-state index contributed by atoms with van der Waals surface area (Å²) in [7, 11) is 0. The fourth-order valence-electron chi connectivity index (χ4n) is 3.17. The van der Waals surface area contributed by atoms with Crippen molar-refractivity contribution in [1.29, 1.82) is 0 Å². The molecule has 174 valence electrons. The first-order chi connectivity index (χ1) is 16.2. The molecule has 0 saturated carbocycles. The van der Waals surface area contributed by atoms with Crippen molar-refractivity contribution in [1.82, 2.24) is 10.6 Å². The van der Waals surface area contributed by atoms with Crippen LogP contribution in [0.5, 0.6) is 0 Å². The number of furan rings is 1. The number of hydrogen-bond donors (Lipinski definition) is 3. The second-order valence-electron chi connectivity index (χ2n) is 7.53. The van der Waals surface area contributed by atoms with Crippen LogP contribution in [0.4, 0.5) is 5.69 Å². The zero-order chi connectivity index (χ0) is 23.3. The molecule has 1 amide bonds. The number of aliphatic imine (C=N–C) groups is 1. The van der Waals surface area contributed by atoms with Crippen LogP contribution in [0, 0.1) is 0 Å². The first-order valence-electron chi connectivity index (χ1n) is 11.3. The summed E-state index contributed by atoms with van der Waals surface area (Å²) in [5, 5.41) is 9.42. The van der Waals surface area contributed by atoms with Gasteiger partial charge in [-0.2, -0.15) is 0 Å². The molecule has 0 radical (unpaired) electrons. The number of ether oxygens (including phenoxy) is 1. The zero-order valence-electron chi connectivity index (χ0n) is 19.2. The molecule has 2 aromatic carbocycles. The van der Waals surface area contributed by atoms with E-state index in [-0.39, 0.29) is 17.8 Å². The van der Waals surface area contributed by atoms with Gasteiger partial charge < -0.3 is 25.1 Å². The molecular formula is C26H32N4O3. The second kappa shape index (κ2) is 13.1. The maximum atomic E-state index is 12.1. The molecule has 7 nitrogen and oxygen atoms in total. The van der Waals surface area contributed by atoms with Gasteiger partial charge in [-0.15, -0.1) is 0 Å². The molecule has 0 aliphatic carbocycles. The van der Waals surface area contributed by atoms with Gasteiger partial charge in [-0.05, 0) is 55.7 Å². The Kier molecular flexibility index (Phi) is 9.54. The normalized spacial score (nSPS) is 12.2. The monoisotopic (exact) mass is 448 g/mol. The maximum Gasteiger partial charge on any atom is 0.291 e. The van der Waals surface area contributed by atoms with Crippen LogP contribution in [0.1, 0.15) is 48.1 Å². The quantitative estimate of drug-likeness (QED) is 0.224. The Hall–Kier alpha value is -3.58. The van der Waals surface area contributed by atoms with E-state index in [0.29, 0.717) is 18.8 Å². The van der Waals surface area contributed by atoms with Crippen LogP contribution in [0.25, 0.3) is 0 Å². The Morgan fingerprint density at radius 2 is 1.82 bits per heavy atom. The molecule has 3 N–H and O–H groups in total. The number of nitrogens with one attached hydrogen (secondary N) is 3. The molecule has 0 spiro atoms. The molecule has 3 rings (SSSR count). The van der Waals surface area contributed by atoms with Crippen LogP contribution in [0.15, 0.2) is 82.4 Å². The number of benzene rings is 2. The van der Waals surface area contributed by atoms with Crippen molar-refractivity contribution in [3.8, 4) is 0 Å². The fraction of sp³-hybridized carbons (Fsp3) is 0.308. The molecule has 0 aliphatic heterocycles. The van der Waals surface area contributed by atoms with Crippen molar-refractivity contribution in [3.63, 3.8) is 0 Å². The average Bonchev–Trinajstić information content (AvgIpc) is 3.39.